The molecule has 0 radical (unpaired) electrons. The first-order chi connectivity index (χ1) is 8.34. The summed E-state index contributed by atoms with van der Waals surface area (Å²) in [5.41, 5.74) is 1.28. The van der Waals surface area contributed by atoms with Crippen molar-refractivity contribution >= 4 is 22.4 Å². The first kappa shape index (κ1) is 11.0. The van der Waals surface area contributed by atoms with Gasteiger partial charge in [0.05, 0.1) is 5.00 Å². The highest BCUT2D eigenvalue weighted by atomic mass is 32.1. The van der Waals surface area contributed by atoms with Crippen molar-refractivity contribution in [2.24, 2.45) is 0 Å². The summed E-state index contributed by atoms with van der Waals surface area (Å²) in [6.07, 6.45) is 3.11. The van der Waals surface area contributed by atoms with Gasteiger partial charge in [-0.25, -0.2) is 4.79 Å². The maximum Gasteiger partial charge on any atom is 0.322 e. The molecule has 5 heteroatoms. The van der Waals surface area contributed by atoms with E-state index in [0.717, 1.165) is 43.9 Å². The van der Waals surface area contributed by atoms with E-state index in [1.165, 1.54) is 5.56 Å². The summed E-state index contributed by atoms with van der Waals surface area (Å²) in [5.74, 6) is 0. The smallest absolute Gasteiger partial charge is 0.321 e. The minimum absolute atomic E-state index is 0.0816. The molecule has 0 saturated carbocycles. The van der Waals surface area contributed by atoms with Crippen LogP contribution in [0.4, 0.5) is 9.80 Å². The molecule has 2 N–H and O–H groups in total. The number of fused-ring (bicyclic) bond motifs is 1. The number of carbonyl (C=O) groups is 1. The van der Waals surface area contributed by atoms with Gasteiger partial charge in [-0.2, -0.15) is 0 Å². The molecule has 0 aromatic carbocycles. The average molecular weight is 251 g/mol. The average Bonchev–Trinajstić information content (AvgIpc) is 2.72. The van der Waals surface area contributed by atoms with E-state index in [1.807, 2.05) is 10.3 Å². The van der Waals surface area contributed by atoms with Crippen LogP contribution in [-0.2, 0) is 6.42 Å². The molecular weight excluding hydrogens is 234 g/mol. The summed E-state index contributed by atoms with van der Waals surface area (Å²) >= 11 is 1.62. The monoisotopic (exact) mass is 251 g/mol. The lowest BCUT2D eigenvalue weighted by Gasteiger charge is -2.33. The molecule has 17 heavy (non-hydrogen) atoms. The van der Waals surface area contributed by atoms with Gasteiger partial charge in [0.25, 0.3) is 0 Å². The quantitative estimate of drug-likeness (QED) is 0.800. The zero-order valence-corrected chi connectivity index (χ0v) is 10.6. The number of rotatable bonds is 1. The number of thiophene rings is 1. The second kappa shape index (κ2) is 4.66. The Morgan fingerprint density at radius 2 is 2.18 bits per heavy atom. The third-order valence-electron chi connectivity index (χ3n) is 3.60. The Hall–Kier alpha value is -1.07. The van der Waals surface area contributed by atoms with Crippen molar-refractivity contribution in [1.82, 2.24) is 10.2 Å². The van der Waals surface area contributed by atoms with Crippen LogP contribution in [0.15, 0.2) is 11.4 Å². The summed E-state index contributed by atoms with van der Waals surface area (Å²) in [6, 6.07) is 2.61. The van der Waals surface area contributed by atoms with Crippen LogP contribution in [0.1, 0.15) is 18.4 Å². The minimum Gasteiger partial charge on any atom is -0.321 e. The zero-order chi connectivity index (χ0) is 11.7. The van der Waals surface area contributed by atoms with Gasteiger partial charge in [0.2, 0.25) is 0 Å². The first-order valence-corrected chi connectivity index (χ1v) is 7.07. The number of hydrogen-bond donors (Lipinski definition) is 2. The van der Waals surface area contributed by atoms with Gasteiger partial charge in [-0.3, -0.25) is 5.32 Å². The van der Waals surface area contributed by atoms with Crippen molar-refractivity contribution in [3.05, 3.63) is 17.0 Å². The topological polar surface area (TPSA) is 44.4 Å². The molecule has 1 fully saturated rings. The van der Waals surface area contributed by atoms with Crippen LogP contribution < -0.4 is 10.6 Å². The van der Waals surface area contributed by atoms with Crippen molar-refractivity contribution in [1.29, 1.82) is 0 Å². The lowest BCUT2D eigenvalue weighted by Crippen LogP contribution is -2.47. The molecule has 0 unspecified atom stereocenters. The molecule has 2 aliphatic rings. The van der Waals surface area contributed by atoms with Gasteiger partial charge in [0.1, 0.15) is 0 Å². The maximum absolute atomic E-state index is 12.2. The van der Waals surface area contributed by atoms with Crippen molar-refractivity contribution in [3.8, 4) is 0 Å². The molecule has 2 amide bonds. The standard InChI is InChI=1S/C12H17N3OS/c16-12-14-11-9(4-8-17-11)3-7-15(12)10-1-5-13-6-2-10/h4,8,10,13H,1-3,5-7H2,(H,14,16). The first-order valence-electron chi connectivity index (χ1n) is 6.19. The Labute approximate surface area is 105 Å². The Morgan fingerprint density at radius 3 is 3.00 bits per heavy atom. The van der Waals surface area contributed by atoms with Gasteiger partial charge in [-0.1, -0.05) is 0 Å². The molecule has 2 aliphatic heterocycles. The van der Waals surface area contributed by atoms with E-state index in [9.17, 15) is 4.79 Å². The third kappa shape index (κ3) is 2.17. The summed E-state index contributed by atoms with van der Waals surface area (Å²) in [5, 5.41) is 9.46. The third-order valence-corrected chi connectivity index (χ3v) is 4.47. The maximum atomic E-state index is 12.2. The zero-order valence-electron chi connectivity index (χ0n) is 9.74. The normalized spacial score (nSPS) is 21.9. The Balaban J connectivity index is 1.75. The predicted molar refractivity (Wildman–Crippen MR) is 69.6 cm³/mol. The van der Waals surface area contributed by atoms with E-state index < -0.39 is 0 Å². The number of urea groups is 1. The second-order valence-electron chi connectivity index (χ2n) is 4.63. The van der Waals surface area contributed by atoms with Crippen LogP contribution in [0.3, 0.4) is 0 Å². The van der Waals surface area contributed by atoms with E-state index in [-0.39, 0.29) is 6.03 Å². The van der Waals surface area contributed by atoms with E-state index in [4.69, 9.17) is 0 Å². The molecule has 4 nitrogen and oxygen atoms in total. The predicted octanol–water partition coefficient (Wildman–Crippen LogP) is 1.89. The number of piperidine rings is 1. The van der Waals surface area contributed by atoms with Crippen LogP contribution >= 0.6 is 11.3 Å². The number of carbonyl (C=O) groups excluding carboxylic acids is 1. The number of hydrogen-bond acceptors (Lipinski definition) is 3. The van der Waals surface area contributed by atoms with Gasteiger partial charge in [-0.15, -0.1) is 11.3 Å². The lowest BCUT2D eigenvalue weighted by atomic mass is 10.0. The molecule has 3 heterocycles. The summed E-state index contributed by atoms with van der Waals surface area (Å²) < 4.78 is 0. The SMILES string of the molecule is O=C1Nc2sccc2CCN1C1CCNCC1. The summed E-state index contributed by atoms with van der Waals surface area (Å²) in [6.45, 7) is 2.90. The largest absolute Gasteiger partial charge is 0.322 e. The molecule has 1 aromatic heterocycles. The Bertz CT molecular complexity index is 412. The second-order valence-corrected chi connectivity index (χ2v) is 5.55. The highest BCUT2D eigenvalue weighted by Crippen LogP contribution is 2.28. The highest BCUT2D eigenvalue weighted by Gasteiger charge is 2.28. The molecule has 0 spiro atoms. The molecular formula is C12H17N3OS. The van der Waals surface area contributed by atoms with Crippen LogP contribution in [0.25, 0.3) is 0 Å². The van der Waals surface area contributed by atoms with Gasteiger partial charge in [0.15, 0.2) is 0 Å². The van der Waals surface area contributed by atoms with Gasteiger partial charge >= 0.3 is 6.03 Å². The fourth-order valence-corrected chi connectivity index (χ4v) is 3.46. The van der Waals surface area contributed by atoms with Crippen molar-refractivity contribution < 1.29 is 4.79 Å². The van der Waals surface area contributed by atoms with Gasteiger partial charge < -0.3 is 10.2 Å². The highest BCUT2D eigenvalue weighted by molar-refractivity contribution is 7.14. The molecule has 0 bridgehead atoms. The Morgan fingerprint density at radius 1 is 1.35 bits per heavy atom. The molecule has 92 valence electrons. The van der Waals surface area contributed by atoms with Crippen LogP contribution in [0.5, 0.6) is 0 Å². The number of anilines is 1. The van der Waals surface area contributed by atoms with Crippen LogP contribution in [-0.4, -0.2) is 36.6 Å². The van der Waals surface area contributed by atoms with Crippen molar-refractivity contribution in [2.45, 2.75) is 25.3 Å². The minimum atomic E-state index is 0.0816. The molecule has 1 saturated heterocycles. The van der Waals surface area contributed by atoms with Crippen molar-refractivity contribution in [2.75, 3.05) is 25.0 Å². The number of nitrogens with one attached hydrogen (secondary N) is 2. The fourth-order valence-electron chi connectivity index (χ4n) is 2.62. The Kier molecular flexibility index (Phi) is 3.03. The van der Waals surface area contributed by atoms with E-state index in [1.54, 1.807) is 11.3 Å². The van der Waals surface area contributed by atoms with Crippen LogP contribution in [0, 0.1) is 0 Å². The van der Waals surface area contributed by atoms with Gasteiger partial charge in [0, 0.05) is 12.6 Å². The molecule has 1 aromatic rings. The van der Waals surface area contributed by atoms with E-state index >= 15 is 0 Å². The molecule has 3 rings (SSSR count). The number of amides is 2. The summed E-state index contributed by atoms with van der Waals surface area (Å²) in [7, 11) is 0. The fraction of sp³-hybridized carbons (Fsp3) is 0.583. The van der Waals surface area contributed by atoms with Crippen molar-refractivity contribution in [3.63, 3.8) is 0 Å². The van der Waals surface area contributed by atoms with E-state index in [0.29, 0.717) is 6.04 Å². The van der Waals surface area contributed by atoms with Crippen LogP contribution in [0.2, 0.25) is 0 Å². The van der Waals surface area contributed by atoms with Gasteiger partial charge in [-0.05, 0) is 49.4 Å². The number of nitrogens with zero attached hydrogens (tertiary/aromatic N) is 1. The summed E-state index contributed by atoms with van der Waals surface area (Å²) in [4.78, 5) is 14.2. The molecule has 0 aliphatic carbocycles. The lowest BCUT2D eigenvalue weighted by molar-refractivity contribution is 0.173. The molecule has 0 atom stereocenters. The van der Waals surface area contributed by atoms with E-state index in [2.05, 4.69) is 16.7 Å².